The molecule has 0 fully saturated rings. The van der Waals surface area contributed by atoms with Crippen molar-refractivity contribution in [1.29, 1.82) is 0 Å². The molecule has 2 N–H and O–H groups in total. The van der Waals surface area contributed by atoms with E-state index >= 15 is 0 Å². The monoisotopic (exact) mass is 278 g/mol. The molecule has 0 radical (unpaired) electrons. The SMILES string of the molecule is Cc1ccc(C(CO)(CO)COCC(F)(F)F)cc1. The minimum absolute atomic E-state index is 0.400. The molecule has 1 aromatic rings. The van der Waals surface area contributed by atoms with Crippen LogP contribution in [0.25, 0.3) is 0 Å². The van der Waals surface area contributed by atoms with Crippen molar-refractivity contribution in [3.8, 4) is 0 Å². The second kappa shape index (κ2) is 6.36. The van der Waals surface area contributed by atoms with Crippen LogP contribution in [0.3, 0.4) is 0 Å². The molecule has 1 aromatic carbocycles. The molecule has 6 heteroatoms. The van der Waals surface area contributed by atoms with E-state index in [4.69, 9.17) is 0 Å². The van der Waals surface area contributed by atoms with Crippen LogP contribution in [0.1, 0.15) is 11.1 Å². The summed E-state index contributed by atoms with van der Waals surface area (Å²) in [5, 5.41) is 18.8. The molecule has 1 rings (SSSR count). The Labute approximate surface area is 109 Å². The first-order valence-electron chi connectivity index (χ1n) is 5.76. The number of ether oxygens (including phenoxy) is 1. The molecule has 0 heterocycles. The molecule has 0 spiro atoms. The molecular formula is C13H17F3O3. The van der Waals surface area contributed by atoms with Crippen molar-refractivity contribution in [1.82, 2.24) is 0 Å². The number of aliphatic hydroxyl groups excluding tert-OH is 2. The van der Waals surface area contributed by atoms with Crippen LogP contribution in [0.4, 0.5) is 13.2 Å². The second-order valence-electron chi connectivity index (χ2n) is 4.57. The number of benzene rings is 1. The van der Waals surface area contributed by atoms with Gasteiger partial charge in [0.05, 0.1) is 25.2 Å². The van der Waals surface area contributed by atoms with Gasteiger partial charge in [-0.3, -0.25) is 0 Å². The van der Waals surface area contributed by atoms with E-state index in [0.29, 0.717) is 5.56 Å². The Bertz CT molecular complexity index is 383. The molecular weight excluding hydrogens is 261 g/mol. The van der Waals surface area contributed by atoms with E-state index < -0.39 is 38.0 Å². The molecule has 0 saturated carbocycles. The van der Waals surface area contributed by atoms with Gasteiger partial charge in [-0.1, -0.05) is 29.8 Å². The van der Waals surface area contributed by atoms with Gasteiger partial charge >= 0.3 is 6.18 Å². The molecule has 0 amide bonds. The number of alkyl halides is 3. The van der Waals surface area contributed by atoms with E-state index in [2.05, 4.69) is 4.74 Å². The maximum Gasteiger partial charge on any atom is 0.411 e. The summed E-state index contributed by atoms with van der Waals surface area (Å²) in [4.78, 5) is 0. The van der Waals surface area contributed by atoms with Crippen molar-refractivity contribution in [2.24, 2.45) is 0 Å². The summed E-state index contributed by atoms with van der Waals surface area (Å²) >= 11 is 0. The Morgan fingerprint density at radius 1 is 1.00 bits per heavy atom. The molecule has 0 saturated heterocycles. The van der Waals surface area contributed by atoms with Crippen molar-refractivity contribution in [2.75, 3.05) is 26.4 Å². The fourth-order valence-electron chi connectivity index (χ4n) is 1.68. The van der Waals surface area contributed by atoms with Gasteiger partial charge in [0.2, 0.25) is 0 Å². The lowest BCUT2D eigenvalue weighted by molar-refractivity contribution is -0.180. The zero-order chi connectivity index (χ0) is 14.5. The third kappa shape index (κ3) is 4.49. The van der Waals surface area contributed by atoms with Crippen LogP contribution in [0, 0.1) is 6.92 Å². The van der Waals surface area contributed by atoms with E-state index in [0.717, 1.165) is 5.56 Å². The number of aliphatic hydroxyl groups is 2. The fraction of sp³-hybridized carbons (Fsp3) is 0.538. The molecule has 108 valence electrons. The molecule has 0 atom stereocenters. The van der Waals surface area contributed by atoms with E-state index in [9.17, 15) is 23.4 Å². The van der Waals surface area contributed by atoms with Crippen molar-refractivity contribution in [3.05, 3.63) is 35.4 Å². The predicted molar refractivity (Wildman–Crippen MR) is 63.9 cm³/mol. The molecule has 0 aliphatic carbocycles. The van der Waals surface area contributed by atoms with Crippen molar-refractivity contribution < 1.29 is 28.1 Å². The average molecular weight is 278 g/mol. The first-order valence-corrected chi connectivity index (χ1v) is 5.76. The Morgan fingerprint density at radius 3 is 1.95 bits per heavy atom. The number of hydrogen-bond donors (Lipinski definition) is 2. The maximum atomic E-state index is 12.0. The topological polar surface area (TPSA) is 49.7 Å². The van der Waals surface area contributed by atoms with E-state index in [1.54, 1.807) is 24.3 Å². The Morgan fingerprint density at radius 2 is 1.53 bits per heavy atom. The highest BCUT2D eigenvalue weighted by atomic mass is 19.4. The lowest BCUT2D eigenvalue weighted by Crippen LogP contribution is -2.40. The van der Waals surface area contributed by atoms with Crippen LogP contribution in [0.5, 0.6) is 0 Å². The molecule has 0 aromatic heterocycles. The van der Waals surface area contributed by atoms with Crippen LogP contribution in [0.2, 0.25) is 0 Å². The van der Waals surface area contributed by atoms with Gasteiger partial charge in [-0.15, -0.1) is 0 Å². The van der Waals surface area contributed by atoms with Crippen molar-refractivity contribution >= 4 is 0 Å². The minimum Gasteiger partial charge on any atom is -0.395 e. The molecule has 0 unspecified atom stereocenters. The van der Waals surface area contributed by atoms with Gasteiger partial charge in [0, 0.05) is 0 Å². The van der Waals surface area contributed by atoms with Crippen molar-refractivity contribution in [3.63, 3.8) is 0 Å². The standard InChI is InChI=1S/C13H17F3O3/c1-10-2-4-11(5-3-10)12(6-17,7-18)8-19-9-13(14,15)16/h2-5,17-18H,6-9H2,1H3. The minimum atomic E-state index is -4.43. The summed E-state index contributed by atoms with van der Waals surface area (Å²) < 4.78 is 40.7. The van der Waals surface area contributed by atoms with Gasteiger partial charge in [-0.05, 0) is 12.5 Å². The number of rotatable bonds is 6. The molecule has 0 aliphatic rings. The quantitative estimate of drug-likeness (QED) is 0.834. The van der Waals surface area contributed by atoms with Gasteiger partial charge in [0.1, 0.15) is 6.61 Å². The van der Waals surface area contributed by atoms with Crippen LogP contribution in [-0.2, 0) is 10.2 Å². The highest BCUT2D eigenvalue weighted by Gasteiger charge is 2.34. The van der Waals surface area contributed by atoms with Crippen LogP contribution in [-0.4, -0.2) is 42.8 Å². The first-order chi connectivity index (χ1) is 8.83. The predicted octanol–water partition coefficient (Wildman–Crippen LogP) is 1.80. The van der Waals surface area contributed by atoms with Crippen LogP contribution >= 0.6 is 0 Å². The first kappa shape index (κ1) is 15.9. The Hall–Kier alpha value is -1.11. The fourth-order valence-corrected chi connectivity index (χ4v) is 1.68. The lowest BCUT2D eigenvalue weighted by atomic mass is 9.82. The Kier molecular flexibility index (Phi) is 5.34. The summed E-state index contributed by atoms with van der Waals surface area (Å²) in [7, 11) is 0. The third-order valence-electron chi connectivity index (χ3n) is 2.91. The highest BCUT2D eigenvalue weighted by molar-refractivity contribution is 5.29. The second-order valence-corrected chi connectivity index (χ2v) is 4.57. The smallest absolute Gasteiger partial charge is 0.395 e. The molecule has 19 heavy (non-hydrogen) atoms. The zero-order valence-electron chi connectivity index (χ0n) is 10.6. The summed E-state index contributed by atoms with van der Waals surface area (Å²) in [6.45, 7) is -0.929. The largest absolute Gasteiger partial charge is 0.411 e. The maximum absolute atomic E-state index is 12.0. The number of hydrogen-bond acceptors (Lipinski definition) is 3. The number of aryl methyl sites for hydroxylation is 1. The normalized spacial score (nSPS) is 12.7. The van der Waals surface area contributed by atoms with Gasteiger partial charge in [-0.2, -0.15) is 13.2 Å². The zero-order valence-corrected chi connectivity index (χ0v) is 10.6. The average Bonchev–Trinajstić information content (AvgIpc) is 2.35. The van der Waals surface area contributed by atoms with Gasteiger partial charge in [-0.25, -0.2) is 0 Å². The van der Waals surface area contributed by atoms with E-state index in [-0.39, 0.29) is 0 Å². The highest BCUT2D eigenvalue weighted by Crippen LogP contribution is 2.25. The van der Waals surface area contributed by atoms with Gasteiger partial charge in [0.15, 0.2) is 0 Å². The lowest BCUT2D eigenvalue weighted by Gasteiger charge is -2.30. The molecule has 3 nitrogen and oxygen atoms in total. The molecule has 0 bridgehead atoms. The summed E-state index contributed by atoms with van der Waals surface area (Å²) in [6, 6.07) is 6.86. The van der Waals surface area contributed by atoms with Crippen molar-refractivity contribution in [2.45, 2.75) is 18.5 Å². The van der Waals surface area contributed by atoms with Crippen LogP contribution < -0.4 is 0 Å². The van der Waals surface area contributed by atoms with Crippen LogP contribution in [0.15, 0.2) is 24.3 Å². The summed E-state index contributed by atoms with van der Waals surface area (Å²) in [6.07, 6.45) is -4.43. The van der Waals surface area contributed by atoms with Gasteiger partial charge in [0.25, 0.3) is 0 Å². The van der Waals surface area contributed by atoms with E-state index in [1.165, 1.54) is 0 Å². The summed E-state index contributed by atoms with van der Waals surface area (Å²) in [5.41, 5.74) is 0.300. The summed E-state index contributed by atoms with van der Waals surface area (Å²) in [5.74, 6) is 0. The van der Waals surface area contributed by atoms with E-state index in [1.807, 2.05) is 6.92 Å². The third-order valence-corrected chi connectivity index (χ3v) is 2.91. The Balaban J connectivity index is 2.82. The molecule has 0 aliphatic heterocycles. The number of halogens is 3. The van der Waals surface area contributed by atoms with Gasteiger partial charge < -0.3 is 14.9 Å².